The summed E-state index contributed by atoms with van der Waals surface area (Å²) in [5.74, 6) is 0. The second kappa shape index (κ2) is 3.47. The van der Waals surface area contributed by atoms with Crippen LogP contribution in [0.1, 0.15) is 0 Å². The lowest BCUT2D eigenvalue weighted by molar-refractivity contribution is 0.657. The molecule has 0 N–H and O–H groups in total. The molecular formula is C15H8ClNO. The van der Waals surface area contributed by atoms with Crippen molar-refractivity contribution in [3.63, 3.8) is 0 Å². The molecule has 2 aromatic heterocycles. The smallest absolute Gasteiger partial charge is 0.227 e. The number of rotatable bonds is 0. The van der Waals surface area contributed by atoms with E-state index in [0.29, 0.717) is 10.7 Å². The van der Waals surface area contributed by atoms with Gasteiger partial charge in [-0.25, -0.2) is 4.98 Å². The van der Waals surface area contributed by atoms with Gasteiger partial charge in [0, 0.05) is 22.4 Å². The molecule has 0 aliphatic heterocycles. The van der Waals surface area contributed by atoms with Crippen molar-refractivity contribution in [2.45, 2.75) is 0 Å². The fourth-order valence-electron chi connectivity index (χ4n) is 2.39. The molecule has 0 amide bonds. The molecule has 2 nitrogen and oxygen atoms in total. The van der Waals surface area contributed by atoms with Gasteiger partial charge in [0.1, 0.15) is 5.58 Å². The SMILES string of the molecule is Clc1cccc2ccc3c4cccnc4oc3c12. The summed E-state index contributed by atoms with van der Waals surface area (Å²) in [6.45, 7) is 0. The van der Waals surface area contributed by atoms with Gasteiger partial charge in [0.15, 0.2) is 0 Å². The van der Waals surface area contributed by atoms with Crippen molar-refractivity contribution in [3.8, 4) is 0 Å². The average molecular weight is 254 g/mol. The zero-order valence-electron chi connectivity index (χ0n) is 9.35. The molecule has 0 aliphatic rings. The van der Waals surface area contributed by atoms with Crippen LogP contribution in [-0.2, 0) is 0 Å². The fraction of sp³-hybridized carbons (Fsp3) is 0. The number of pyridine rings is 1. The molecule has 0 saturated carbocycles. The van der Waals surface area contributed by atoms with Gasteiger partial charge in [-0.05, 0) is 29.7 Å². The predicted octanol–water partition coefficient (Wildman–Crippen LogP) is 4.79. The Labute approximate surface area is 108 Å². The number of benzene rings is 2. The standard InChI is InChI=1S/C15H8ClNO/c16-12-5-1-3-9-6-7-10-11-4-2-8-17-15(11)18-14(10)13(9)12/h1-8H. The Bertz CT molecular complexity index is 895. The van der Waals surface area contributed by atoms with E-state index >= 15 is 0 Å². The summed E-state index contributed by atoms with van der Waals surface area (Å²) in [4.78, 5) is 4.25. The molecule has 3 heteroatoms. The van der Waals surface area contributed by atoms with Crippen molar-refractivity contribution in [2.24, 2.45) is 0 Å². The molecule has 0 atom stereocenters. The van der Waals surface area contributed by atoms with E-state index in [1.54, 1.807) is 6.20 Å². The molecule has 0 unspecified atom stereocenters. The molecule has 0 spiro atoms. The van der Waals surface area contributed by atoms with Crippen molar-refractivity contribution in [3.05, 3.63) is 53.7 Å². The minimum atomic E-state index is 0.653. The van der Waals surface area contributed by atoms with E-state index in [1.165, 1.54) is 0 Å². The highest BCUT2D eigenvalue weighted by Gasteiger charge is 2.12. The predicted molar refractivity (Wildman–Crippen MR) is 74.0 cm³/mol. The highest BCUT2D eigenvalue weighted by atomic mass is 35.5. The summed E-state index contributed by atoms with van der Waals surface area (Å²) >= 11 is 6.28. The van der Waals surface area contributed by atoms with Gasteiger partial charge < -0.3 is 4.42 Å². The molecule has 0 bridgehead atoms. The number of aromatic nitrogens is 1. The third-order valence-electron chi connectivity index (χ3n) is 3.21. The van der Waals surface area contributed by atoms with Crippen LogP contribution in [0.15, 0.2) is 53.1 Å². The lowest BCUT2D eigenvalue weighted by Gasteiger charge is -2.00. The monoisotopic (exact) mass is 253 g/mol. The number of hydrogen-bond donors (Lipinski definition) is 0. The van der Waals surface area contributed by atoms with Gasteiger partial charge >= 0.3 is 0 Å². The summed E-state index contributed by atoms with van der Waals surface area (Å²) in [5.41, 5.74) is 1.46. The summed E-state index contributed by atoms with van der Waals surface area (Å²) < 4.78 is 5.85. The minimum absolute atomic E-state index is 0.653. The van der Waals surface area contributed by atoms with Crippen molar-refractivity contribution in [1.29, 1.82) is 0 Å². The van der Waals surface area contributed by atoms with Crippen molar-refractivity contribution < 1.29 is 4.42 Å². The summed E-state index contributed by atoms with van der Waals surface area (Å²) in [7, 11) is 0. The maximum absolute atomic E-state index is 6.28. The van der Waals surface area contributed by atoms with Gasteiger partial charge in [-0.2, -0.15) is 0 Å². The van der Waals surface area contributed by atoms with Crippen molar-refractivity contribution in [2.75, 3.05) is 0 Å². The van der Waals surface area contributed by atoms with E-state index in [-0.39, 0.29) is 0 Å². The van der Waals surface area contributed by atoms with Crippen LogP contribution < -0.4 is 0 Å². The molecule has 4 aromatic rings. The first-order valence-corrected chi connectivity index (χ1v) is 6.07. The molecule has 0 aliphatic carbocycles. The number of halogens is 1. The van der Waals surface area contributed by atoms with Crippen LogP contribution in [0.3, 0.4) is 0 Å². The van der Waals surface area contributed by atoms with E-state index in [2.05, 4.69) is 17.1 Å². The highest BCUT2D eigenvalue weighted by molar-refractivity contribution is 6.38. The lowest BCUT2D eigenvalue weighted by Crippen LogP contribution is -1.75. The van der Waals surface area contributed by atoms with E-state index in [9.17, 15) is 0 Å². The molecule has 2 heterocycles. The lowest BCUT2D eigenvalue weighted by atomic mass is 10.1. The van der Waals surface area contributed by atoms with Crippen LogP contribution >= 0.6 is 11.6 Å². The summed E-state index contributed by atoms with van der Waals surface area (Å²) in [6.07, 6.45) is 1.73. The van der Waals surface area contributed by atoms with Gasteiger partial charge in [-0.15, -0.1) is 0 Å². The number of furan rings is 1. The molecule has 86 valence electrons. The molecule has 0 saturated heterocycles. The summed E-state index contributed by atoms with van der Waals surface area (Å²) in [6, 6.07) is 13.9. The van der Waals surface area contributed by atoms with Crippen LogP contribution in [0, 0.1) is 0 Å². The minimum Gasteiger partial charge on any atom is -0.437 e. The van der Waals surface area contributed by atoms with E-state index in [1.807, 2.05) is 30.3 Å². The first-order chi connectivity index (χ1) is 8.84. The Morgan fingerprint density at radius 3 is 2.83 bits per heavy atom. The van der Waals surface area contributed by atoms with Crippen molar-refractivity contribution >= 4 is 44.4 Å². The number of hydrogen-bond acceptors (Lipinski definition) is 2. The first-order valence-electron chi connectivity index (χ1n) is 5.69. The van der Waals surface area contributed by atoms with Crippen LogP contribution in [0.4, 0.5) is 0 Å². The van der Waals surface area contributed by atoms with Gasteiger partial charge in [-0.3, -0.25) is 0 Å². The largest absolute Gasteiger partial charge is 0.437 e. The van der Waals surface area contributed by atoms with E-state index in [4.69, 9.17) is 16.0 Å². The second-order valence-electron chi connectivity index (χ2n) is 4.24. The Kier molecular flexibility index (Phi) is 1.91. The van der Waals surface area contributed by atoms with Gasteiger partial charge in [0.05, 0.1) is 5.02 Å². The van der Waals surface area contributed by atoms with Crippen LogP contribution in [0.25, 0.3) is 32.8 Å². The Morgan fingerprint density at radius 1 is 0.944 bits per heavy atom. The fourth-order valence-corrected chi connectivity index (χ4v) is 2.66. The normalized spacial score (nSPS) is 11.6. The Balaban J connectivity index is 2.35. The first kappa shape index (κ1) is 9.92. The number of fused-ring (bicyclic) bond motifs is 5. The van der Waals surface area contributed by atoms with Gasteiger partial charge in [-0.1, -0.05) is 29.8 Å². The van der Waals surface area contributed by atoms with Crippen LogP contribution in [0.2, 0.25) is 5.02 Å². The van der Waals surface area contributed by atoms with Gasteiger partial charge in [0.2, 0.25) is 5.71 Å². The molecule has 18 heavy (non-hydrogen) atoms. The molecule has 4 rings (SSSR count). The highest BCUT2D eigenvalue weighted by Crippen LogP contribution is 2.36. The Morgan fingerprint density at radius 2 is 1.89 bits per heavy atom. The third-order valence-corrected chi connectivity index (χ3v) is 3.52. The quantitative estimate of drug-likeness (QED) is 0.450. The second-order valence-corrected chi connectivity index (χ2v) is 4.65. The molecule has 2 aromatic carbocycles. The topological polar surface area (TPSA) is 26.0 Å². The van der Waals surface area contributed by atoms with E-state index in [0.717, 1.165) is 27.1 Å². The van der Waals surface area contributed by atoms with Gasteiger partial charge in [0.25, 0.3) is 0 Å². The zero-order chi connectivity index (χ0) is 12.1. The van der Waals surface area contributed by atoms with Crippen molar-refractivity contribution in [1.82, 2.24) is 4.98 Å². The van der Waals surface area contributed by atoms with Crippen LogP contribution in [-0.4, -0.2) is 4.98 Å². The molecule has 0 fully saturated rings. The molecule has 0 radical (unpaired) electrons. The maximum atomic E-state index is 6.28. The summed E-state index contributed by atoms with van der Waals surface area (Å²) in [5, 5.41) is 4.81. The Hall–Kier alpha value is -2.06. The number of nitrogens with zero attached hydrogens (tertiary/aromatic N) is 1. The van der Waals surface area contributed by atoms with E-state index < -0.39 is 0 Å². The van der Waals surface area contributed by atoms with Crippen LogP contribution in [0.5, 0.6) is 0 Å². The molecular weight excluding hydrogens is 246 g/mol. The zero-order valence-corrected chi connectivity index (χ0v) is 10.1. The average Bonchev–Trinajstić information content (AvgIpc) is 2.77. The third kappa shape index (κ3) is 1.21. The maximum Gasteiger partial charge on any atom is 0.227 e.